The summed E-state index contributed by atoms with van der Waals surface area (Å²) < 4.78 is 54.6. The fourth-order valence-electron chi connectivity index (χ4n) is 3.51. The van der Waals surface area contributed by atoms with Crippen molar-refractivity contribution in [1.82, 2.24) is 9.97 Å². The molecule has 34 heavy (non-hydrogen) atoms. The van der Waals surface area contributed by atoms with Crippen molar-refractivity contribution in [3.05, 3.63) is 47.7 Å². The summed E-state index contributed by atoms with van der Waals surface area (Å²) in [6.07, 6.45) is 4.86. The van der Waals surface area contributed by atoms with Crippen molar-refractivity contribution in [2.45, 2.75) is 37.0 Å². The van der Waals surface area contributed by atoms with E-state index in [0.717, 1.165) is 18.9 Å². The second kappa shape index (κ2) is 8.75. The highest BCUT2D eigenvalue weighted by Crippen LogP contribution is 2.59. The summed E-state index contributed by atoms with van der Waals surface area (Å²) in [7, 11) is -3.46. The van der Waals surface area contributed by atoms with E-state index in [-0.39, 0.29) is 22.8 Å². The third kappa shape index (κ3) is 4.57. The Morgan fingerprint density at radius 2 is 2.03 bits per heavy atom. The van der Waals surface area contributed by atoms with Gasteiger partial charge in [0, 0.05) is 11.3 Å². The number of nitrogens with zero attached hydrogens (tertiary/aromatic N) is 3. The van der Waals surface area contributed by atoms with Crippen LogP contribution in [0.5, 0.6) is 5.88 Å². The second-order valence-corrected chi connectivity index (χ2v) is 11.8. The van der Waals surface area contributed by atoms with Gasteiger partial charge in [0.2, 0.25) is 5.88 Å². The molecule has 1 aliphatic carbocycles. The Kier molecular flexibility index (Phi) is 6.25. The maximum absolute atomic E-state index is 14.8. The lowest BCUT2D eigenvalue weighted by Crippen LogP contribution is -2.53. The van der Waals surface area contributed by atoms with E-state index in [1.807, 2.05) is 0 Å². The lowest BCUT2D eigenvalue weighted by molar-refractivity contribution is 0.102. The van der Waals surface area contributed by atoms with E-state index in [1.54, 1.807) is 0 Å². The SMILES string of the molecule is CC1(C)C(N)=NC(CF)(c2cc(NC(=O)c3cnc(OCC4CC4)cn3)ccc2F)CS1(O)O. The van der Waals surface area contributed by atoms with Gasteiger partial charge in [-0.25, -0.2) is 18.7 Å². The summed E-state index contributed by atoms with van der Waals surface area (Å²) in [6, 6.07) is 3.54. The molecular formula is C22H27F2N5O4S. The zero-order chi connectivity index (χ0) is 24.7. The standard InChI is InChI=1S/C22H27F2N5O4S/c1-21(2)20(25)29-22(11-23,12-34(21,31)32)15-7-14(5-6-16(15)24)28-19(30)17-8-27-18(9-26-17)33-10-13-3-4-13/h5-9,13,31-32H,3-4,10-12H2,1-2H3,(H2,25,29)(H,28,30). The van der Waals surface area contributed by atoms with Crippen LogP contribution in [-0.2, 0) is 5.54 Å². The highest BCUT2D eigenvalue weighted by molar-refractivity contribution is 8.26. The number of carbonyl (C=O) groups is 1. The highest BCUT2D eigenvalue weighted by atomic mass is 32.3. The Bertz CT molecular complexity index is 1120. The number of alkyl halides is 1. The largest absolute Gasteiger partial charge is 0.476 e. The number of carbonyl (C=O) groups excluding carboxylic acids is 1. The zero-order valence-corrected chi connectivity index (χ0v) is 19.6. The molecule has 5 N–H and O–H groups in total. The quantitative estimate of drug-likeness (QED) is 0.458. The molecule has 0 radical (unpaired) electrons. The van der Waals surface area contributed by atoms with Gasteiger partial charge < -0.3 is 15.8 Å². The normalized spacial score (nSPS) is 24.1. The number of amides is 1. The van der Waals surface area contributed by atoms with Crippen LogP contribution in [0.3, 0.4) is 0 Å². The van der Waals surface area contributed by atoms with Crippen LogP contribution in [0.15, 0.2) is 35.6 Å². The molecule has 1 aromatic carbocycles. The Labute approximate surface area is 197 Å². The van der Waals surface area contributed by atoms with Gasteiger partial charge >= 0.3 is 0 Å². The van der Waals surface area contributed by atoms with E-state index >= 15 is 0 Å². The number of rotatable bonds is 7. The van der Waals surface area contributed by atoms with Crippen LogP contribution in [0.25, 0.3) is 0 Å². The average Bonchev–Trinajstić information content (AvgIpc) is 3.62. The van der Waals surface area contributed by atoms with Gasteiger partial charge in [-0.3, -0.25) is 18.9 Å². The molecule has 1 aliphatic heterocycles. The molecule has 1 fully saturated rings. The first kappa shape index (κ1) is 24.3. The number of anilines is 1. The van der Waals surface area contributed by atoms with Gasteiger partial charge in [0.05, 0.1) is 24.8 Å². The molecule has 0 spiro atoms. The van der Waals surface area contributed by atoms with Crippen LogP contribution in [-0.4, -0.2) is 54.6 Å². The number of benzene rings is 1. The number of nitrogens with one attached hydrogen (secondary N) is 1. The lowest BCUT2D eigenvalue weighted by atomic mass is 9.92. The number of hydrogen-bond donors (Lipinski definition) is 4. The number of ether oxygens (including phenoxy) is 1. The minimum absolute atomic E-state index is 0.000658. The van der Waals surface area contributed by atoms with Gasteiger partial charge in [-0.15, -0.1) is 0 Å². The van der Waals surface area contributed by atoms with Gasteiger partial charge in [-0.05, 0) is 50.8 Å². The molecule has 9 nitrogen and oxygen atoms in total. The average molecular weight is 496 g/mol. The summed E-state index contributed by atoms with van der Waals surface area (Å²) in [4.78, 5) is 24.9. The van der Waals surface area contributed by atoms with Crippen LogP contribution >= 0.6 is 10.6 Å². The Balaban J connectivity index is 1.57. The fraction of sp³-hybridized carbons (Fsp3) is 0.455. The van der Waals surface area contributed by atoms with Crippen molar-refractivity contribution in [2.75, 3.05) is 24.4 Å². The molecule has 4 rings (SSSR count). The zero-order valence-electron chi connectivity index (χ0n) is 18.8. The fourth-order valence-corrected chi connectivity index (χ4v) is 5.21. The third-order valence-electron chi connectivity index (χ3n) is 6.18. The molecule has 0 saturated heterocycles. The lowest BCUT2D eigenvalue weighted by Gasteiger charge is -2.53. The van der Waals surface area contributed by atoms with Crippen molar-refractivity contribution >= 4 is 28.0 Å². The molecular weight excluding hydrogens is 468 g/mol. The number of halogens is 2. The molecule has 1 aromatic heterocycles. The van der Waals surface area contributed by atoms with E-state index in [0.29, 0.717) is 18.4 Å². The molecule has 1 unspecified atom stereocenters. The molecule has 1 saturated carbocycles. The molecule has 2 heterocycles. The first-order valence-electron chi connectivity index (χ1n) is 10.7. The van der Waals surface area contributed by atoms with Crippen molar-refractivity contribution in [2.24, 2.45) is 16.6 Å². The number of hydrogen-bond acceptors (Lipinski definition) is 8. The Hall–Kier alpha value is -2.83. The van der Waals surface area contributed by atoms with E-state index < -0.39 is 45.0 Å². The van der Waals surface area contributed by atoms with Gasteiger partial charge in [0.15, 0.2) is 0 Å². The van der Waals surface area contributed by atoms with Gasteiger partial charge in [-0.1, -0.05) is 0 Å². The third-order valence-corrected chi connectivity index (χ3v) is 8.90. The molecule has 0 bridgehead atoms. The molecule has 2 aromatic rings. The Morgan fingerprint density at radius 1 is 1.29 bits per heavy atom. The minimum Gasteiger partial charge on any atom is -0.476 e. The monoisotopic (exact) mass is 495 g/mol. The minimum atomic E-state index is -3.46. The van der Waals surface area contributed by atoms with Crippen LogP contribution in [0.1, 0.15) is 42.7 Å². The number of aliphatic imine (C=N–C) groups is 1. The van der Waals surface area contributed by atoms with Crippen molar-refractivity contribution in [3.8, 4) is 5.88 Å². The topological polar surface area (TPSA) is 143 Å². The van der Waals surface area contributed by atoms with Crippen molar-refractivity contribution < 1.29 is 27.4 Å². The van der Waals surface area contributed by atoms with Crippen LogP contribution in [0.2, 0.25) is 0 Å². The van der Waals surface area contributed by atoms with E-state index in [2.05, 4.69) is 20.3 Å². The molecule has 184 valence electrons. The van der Waals surface area contributed by atoms with Crippen LogP contribution in [0, 0.1) is 11.7 Å². The summed E-state index contributed by atoms with van der Waals surface area (Å²) in [5.41, 5.74) is 3.89. The van der Waals surface area contributed by atoms with Crippen molar-refractivity contribution in [1.29, 1.82) is 0 Å². The van der Waals surface area contributed by atoms with Gasteiger partial charge in [0.25, 0.3) is 5.91 Å². The van der Waals surface area contributed by atoms with Crippen molar-refractivity contribution in [3.63, 3.8) is 0 Å². The number of nitrogens with two attached hydrogens (primary N) is 1. The molecule has 1 amide bonds. The summed E-state index contributed by atoms with van der Waals surface area (Å²) in [5.74, 6) is -1.32. The Morgan fingerprint density at radius 3 is 2.62 bits per heavy atom. The summed E-state index contributed by atoms with van der Waals surface area (Å²) >= 11 is 0. The molecule has 1 atom stereocenters. The molecule has 12 heteroatoms. The van der Waals surface area contributed by atoms with Gasteiger partial charge in [-0.2, -0.15) is 10.6 Å². The summed E-state index contributed by atoms with van der Waals surface area (Å²) in [5, 5.41) is 2.56. The maximum Gasteiger partial charge on any atom is 0.275 e. The van der Waals surface area contributed by atoms with E-state index in [4.69, 9.17) is 10.5 Å². The summed E-state index contributed by atoms with van der Waals surface area (Å²) in [6.45, 7) is 2.31. The molecule has 2 aliphatic rings. The number of amidine groups is 1. The predicted octanol–water partition coefficient (Wildman–Crippen LogP) is 3.72. The van der Waals surface area contributed by atoms with E-state index in [9.17, 15) is 22.7 Å². The predicted molar refractivity (Wildman–Crippen MR) is 126 cm³/mol. The van der Waals surface area contributed by atoms with E-state index in [1.165, 1.54) is 38.4 Å². The maximum atomic E-state index is 14.8. The second-order valence-electron chi connectivity index (χ2n) is 9.13. The smallest absolute Gasteiger partial charge is 0.275 e. The van der Waals surface area contributed by atoms with Crippen LogP contribution < -0.4 is 15.8 Å². The highest BCUT2D eigenvalue weighted by Gasteiger charge is 2.51. The first-order valence-corrected chi connectivity index (χ1v) is 12.4. The van der Waals surface area contributed by atoms with Crippen LogP contribution in [0.4, 0.5) is 14.5 Å². The first-order chi connectivity index (χ1) is 16.0. The number of aromatic nitrogens is 2. The van der Waals surface area contributed by atoms with Gasteiger partial charge in [0.1, 0.15) is 34.3 Å².